The summed E-state index contributed by atoms with van der Waals surface area (Å²) in [6.07, 6.45) is 1.75. The number of benzene rings is 3. The maximum atomic E-state index is 12.4. The van der Waals surface area contributed by atoms with Crippen LogP contribution in [0.1, 0.15) is 21.5 Å². The first kappa shape index (κ1) is 19.7. The van der Waals surface area contributed by atoms with Crippen molar-refractivity contribution in [1.29, 1.82) is 5.26 Å². The molecule has 3 aromatic carbocycles. The van der Waals surface area contributed by atoms with Crippen LogP contribution in [0.2, 0.25) is 0 Å². The molecule has 3 aromatic rings. The van der Waals surface area contributed by atoms with E-state index in [-0.39, 0.29) is 0 Å². The molecule has 0 amide bonds. The Balaban J connectivity index is 1.80. The largest absolute Gasteiger partial charge is 0.496 e. The van der Waals surface area contributed by atoms with Gasteiger partial charge >= 0.3 is 5.97 Å². The molecule has 3 rings (SSSR count). The molecule has 0 bridgehead atoms. The van der Waals surface area contributed by atoms with Crippen LogP contribution < -0.4 is 14.2 Å². The second-order valence-electron chi connectivity index (χ2n) is 6.03. The number of carbonyl (C=O) groups excluding carboxylic acids is 1. The van der Waals surface area contributed by atoms with E-state index in [0.717, 1.165) is 5.56 Å². The molecule has 0 spiro atoms. The van der Waals surface area contributed by atoms with Crippen LogP contribution in [0.5, 0.6) is 17.2 Å². The number of para-hydroxylation sites is 2. The van der Waals surface area contributed by atoms with Crippen LogP contribution in [0.15, 0.2) is 72.8 Å². The van der Waals surface area contributed by atoms with Gasteiger partial charge in [0.1, 0.15) is 22.8 Å². The number of ether oxygens (including phenoxy) is 3. The molecule has 29 heavy (non-hydrogen) atoms. The summed E-state index contributed by atoms with van der Waals surface area (Å²) in [5, 5.41) is 9.55. The summed E-state index contributed by atoms with van der Waals surface area (Å²) in [5.41, 5.74) is 2.33. The minimum Gasteiger partial charge on any atom is -0.496 e. The number of allylic oxidation sites excluding steroid dienone is 1. The Labute approximate surface area is 169 Å². The van der Waals surface area contributed by atoms with Crippen molar-refractivity contribution in [2.45, 2.75) is 0 Å². The zero-order valence-electron chi connectivity index (χ0n) is 16.1. The fourth-order valence-electron chi connectivity index (χ4n) is 2.81. The lowest BCUT2D eigenvalue weighted by molar-refractivity contribution is 0.0731. The first-order valence-electron chi connectivity index (χ1n) is 8.86. The third kappa shape index (κ3) is 4.63. The van der Waals surface area contributed by atoms with Crippen molar-refractivity contribution < 1.29 is 19.0 Å². The lowest BCUT2D eigenvalue weighted by Gasteiger charge is -2.09. The topological polar surface area (TPSA) is 68.5 Å². The Morgan fingerprint density at radius 2 is 1.38 bits per heavy atom. The van der Waals surface area contributed by atoms with Gasteiger partial charge in [-0.1, -0.05) is 36.4 Å². The fourth-order valence-corrected chi connectivity index (χ4v) is 2.81. The van der Waals surface area contributed by atoms with Crippen LogP contribution >= 0.6 is 0 Å². The van der Waals surface area contributed by atoms with Crippen molar-refractivity contribution in [1.82, 2.24) is 0 Å². The van der Waals surface area contributed by atoms with Crippen LogP contribution in [0, 0.1) is 11.3 Å². The number of hydrogen-bond acceptors (Lipinski definition) is 5. The second kappa shape index (κ2) is 9.25. The van der Waals surface area contributed by atoms with Gasteiger partial charge in [0.25, 0.3) is 0 Å². The summed E-state index contributed by atoms with van der Waals surface area (Å²) in [5.74, 6) is 0.974. The van der Waals surface area contributed by atoms with E-state index in [4.69, 9.17) is 14.2 Å². The molecule has 0 heterocycles. The second-order valence-corrected chi connectivity index (χ2v) is 6.03. The molecule has 0 saturated heterocycles. The smallest absolute Gasteiger partial charge is 0.347 e. The van der Waals surface area contributed by atoms with Gasteiger partial charge in [-0.25, -0.2) is 4.79 Å². The fraction of sp³-hybridized carbons (Fsp3) is 0.0833. The van der Waals surface area contributed by atoms with Crippen molar-refractivity contribution in [3.8, 4) is 23.3 Å². The van der Waals surface area contributed by atoms with Gasteiger partial charge in [-0.2, -0.15) is 5.26 Å². The highest BCUT2D eigenvalue weighted by Crippen LogP contribution is 2.27. The quantitative estimate of drug-likeness (QED) is 0.259. The molecule has 5 nitrogen and oxygen atoms in total. The van der Waals surface area contributed by atoms with Gasteiger partial charge in [0.15, 0.2) is 0 Å². The maximum Gasteiger partial charge on any atom is 0.347 e. The summed E-state index contributed by atoms with van der Waals surface area (Å²) >= 11 is 0. The zero-order valence-corrected chi connectivity index (χ0v) is 16.1. The monoisotopic (exact) mass is 385 g/mol. The third-order valence-corrected chi connectivity index (χ3v) is 4.25. The number of carbonyl (C=O) groups is 1. The summed E-state index contributed by atoms with van der Waals surface area (Å²) < 4.78 is 15.9. The van der Waals surface area contributed by atoms with Gasteiger partial charge in [0, 0.05) is 5.56 Å². The average Bonchev–Trinajstić information content (AvgIpc) is 2.78. The number of esters is 1. The SMILES string of the molecule is COc1ccccc1C(=O)Oc1ccc(/C=C(/C#N)c2ccccc2OC)cc1. The molecule has 144 valence electrons. The van der Waals surface area contributed by atoms with E-state index in [2.05, 4.69) is 6.07 Å². The van der Waals surface area contributed by atoms with Crippen LogP contribution in [0.4, 0.5) is 0 Å². The molecular weight excluding hydrogens is 366 g/mol. The van der Waals surface area contributed by atoms with Crippen LogP contribution in [-0.2, 0) is 0 Å². The van der Waals surface area contributed by atoms with E-state index >= 15 is 0 Å². The van der Waals surface area contributed by atoms with E-state index in [1.807, 2.05) is 18.2 Å². The van der Waals surface area contributed by atoms with Gasteiger partial charge in [-0.3, -0.25) is 0 Å². The lowest BCUT2D eigenvalue weighted by atomic mass is 10.0. The minimum absolute atomic E-state index is 0.349. The molecule has 0 unspecified atom stereocenters. The van der Waals surface area contributed by atoms with Crippen molar-refractivity contribution >= 4 is 17.6 Å². The predicted molar refractivity (Wildman–Crippen MR) is 111 cm³/mol. The molecule has 0 aliphatic heterocycles. The van der Waals surface area contributed by atoms with E-state index in [1.54, 1.807) is 67.8 Å². The molecule has 0 aromatic heterocycles. The first-order chi connectivity index (χ1) is 14.2. The molecule has 5 heteroatoms. The van der Waals surface area contributed by atoms with E-state index in [0.29, 0.717) is 33.9 Å². The lowest BCUT2D eigenvalue weighted by Crippen LogP contribution is -2.09. The van der Waals surface area contributed by atoms with Gasteiger partial charge in [0.2, 0.25) is 0 Å². The van der Waals surface area contributed by atoms with Gasteiger partial charge in [-0.15, -0.1) is 0 Å². The predicted octanol–water partition coefficient (Wildman–Crippen LogP) is 4.99. The van der Waals surface area contributed by atoms with Crippen LogP contribution in [-0.4, -0.2) is 20.2 Å². The molecule has 0 N–H and O–H groups in total. The Hall–Kier alpha value is -4.04. The number of nitriles is 1. The molecular formula is C24H19NO4. The summed E-state index contributed by atoms with van der Waals surface area (Å²) in [4.78, 5) is 12.4. The summed E-state index contributed by atoms with van der Waals surface area (Å²) in [7, 11) is 3.07. The summed E-state index contributed by atoms with van der Waals surface area (Å²) in [6, 6.07) is 23.3. The first-order valence-corrected chi connectivity index (χ1v) is 8.86. The van der Waals surface area contributed by atoms with Gasteiger partial charge in [-0.05, 0) is 48.0 Å². The number of nitrogens with zero attached hydrogens (tertiary/aromatic N) is 1. The highest BCUT2D eigenvalue weighted by atomic mass is 16.5. The van der Waals surface area contributed by atoms with Gasteiger partial charge < -0.3 is 14.2 Å². The third-order valence-electron chi connectivity index (χ3n) is 4.25. The Morgan fingerprint density at radius 3 is 1.97 bits per heavy atom. The zero-order chi connectivity index (χ0) is 20.6. The molecule has 0 aliphatic carbocycles. The van der Waals surface area contributed by atoms with Gasteiger partial charge in [0.05, 0.1) is 25.9 Å². The van der Waals surface area contributed by atoms with E-state index in [1.165, 1.54) is 7.11 Å². The molecule has 0 atom stereocenters. The van der Waals surface area contributed by atoms with Crippen molar-refractivity contribution in [3.63, 3.8) is 0 Å². The number of hydrogen-bond donors (Lipinski definition) is 0. The molecule has 0 fully saturated rings. The standard InChI is InChI=1S/C24H19NO4/c1-27-22-9-5-3-7-20(22)18(16-25)15-17-11-13-19(14-12-17)29-24(26)21-8-4-6-10-23(21)28-2/h3-15H,1-2H3/b18-15-. The number of rotatable bonds is 6. The number of methoxy groups -OCH3 is 2. The van der Waals surface area contributed by atoms with Crippen molar-refractivity contribution in [3.05, 3.63) is 89.5 Å². The highest BCUT2D eigenvalue weighted by molar-refractivity contribution is 5.94. The Kier molecular flexibility index (Phi) is 6.29. The Morgan fingerprint density at radius 1 is 0.828 bits per heavy atom. The minimum atomic E-state index is -0.502. The summed E-state index contributed by atoms with van der Waals surface area (Å²) in [6.45, 7) is 0. The van der Waals surface area contributed by atoms with Crippen LogP contribution in [0.3, 0.4) is 0 Å². The highest BCUT2D eigenvalue weighted by Gasteiger charge is 2.14. The maximum absolute atomic E-state index is 12.4. The van der Waals surface area contributed by atoms with Crippen molar-refractivity contribution in [2.24, 2.45) is 0 Å². The normalized spacial score (nSPS) is 10.7. The van der Waals surface area contributed by atoms with E-state index in [9.17, 15) is 10.1 Å². The van der Waals surface area contributed by atoms with Crippen molar-refractivity contribution in [2.75, 3.05) is 14.2 Å². The van der Waals surface area contributed by atoms with Crippen LogP contribution in [0.25, 0.3) is 11.6 Å². The van der Waals surface area contributed by atoms with E-state index < -0.39 is 5.97 Å². The Bertz CT molecular complexity index is 1080. The molecule has 0 radical (unpaired) electrons. The molecule has 0 saturated carbocycles. The average molecular weight is 385 g/mol. The molecule has 0 aliphatic rings.